The number of methoxy groups -OCH3 is 1. The lowest BCUT2D eigenvalue weighted by Gasteiger charge is -2.25. The number of alkyl halides is 1. The van der Waals surface area contributed by atoms with Crippen molar-refractivity contribution in [3.8, 4) is 5.75 Å². The molecule has 0 fully saturated rings. The Morgan fingerprint density at radius 3 is 2.37 bits per heavy atom. The average molecular weight is 392 g/mol. The van der Waals surface area contributed by atoms with Crippen molar-refractivity contribution in [2.45, 2.75) is 45.4 Å². The first-order valence-electron chi connectivity index (χ1n) is 6.70. The number of hydrogen-bond donors (Lipinski definition) is 0. The minimum atomic E-state index is 0.395. The van der Waals surface area contributed by atoms with Gasteiger partial charge in [0.2, 0.25) is 0 Å². The van der Waals surface area contributed by atoms with E-state index in [2.05, 4.69) is 71.7 Å². The monoisotopic (exact) mass is 390 g/mol. The highest BCUT2D eigenvalue weighted by Crippen LogP contribution is 2.37. The number of benzene rings is 1. The predicted molar refractivity (Wildman–Crippen MR) is 90.2 cm³/mol. The van der Waals surface area contributed by atoms with Crippen molar-refractivity contribution in [3.63, 3.8) is 0 Å². The quantitative estimate of drug-likeness (QED) is 0.530. The maximum Gasteiger partial charge on any atom is 0.133 e. The van der Waals surface area contributed by atoms with Gasteiger partial charge in [0.25, 0.3) is 0 Å². The summed E-state index contributed by atoms with van der Waals surface area (Å²) in [5.41, 5.74) is 1.69. The summed E-state index contributed by atoms with van der Waals surface area (Å²) >= 11 is 7.36. The van der Waals surface area contributed by atoms with Gasteiger partial charge in [0.15, 0.2) is 0 Å². The molecular formula is C16H24Br2O. The van der Waals surface area contributed by atoms with E-state index in [-0.39, 0.29) is 0 Å². The molecule has 0 aliphatic rings. The van der Waals surface area contributed by atoms with Gasteiger partial charge >= 0.3 is 0 Å². The molecule has 19 heavy (non-hydrogen) atoms. The summed E-state index contributed by atoms with van der Waals surface area (Å²) in [5.74, 6) is 1.58. The van der Waals surface area contributed by atoms with Crippen molar-refractivity contribution in [2.24, 2.45) is 11.3 Å². The van der Waals surface area contributed by atoms with E-state index in [1.54, 1.807) is 7.11 Å². The molecule has 1 rings (SSSR count). The molecule has 0 aliphatic heterocycles. The van der Waals surface area contributed by atoms with E-state index in [0.29, 0.717) is 16.2 Å². The van der Waals surface area contributed by atoms with E-state index in [1.807, 2.05) is 6.07 Å². The molecule has 0 spiro atoms. The Kier molecular flexibility index (Phi) is 6.38. The second-order valence-corrected chi connectivity index (χ2v) is 8.43. The topological polar surface area (TPSA) is 9.23 Å². The van der Waals surface area contributed by atoms with Gasteiger partial charge in [-0.3, -0.25) is 0 Å². The minimum absolute atomic E-state index is 0.395. The summed E-state index contributed by atoms with van der Waals surface area (Å²) in [7, 11) is 1.69. The fourth-order valence-electron chi connectivity index (χ4n) is 2.50. The number of halogens is 2. The first kappa shape index (κ1) is 17.0. The van der Waals surface area contributed by atoms with Gasteiger partial charge in [-0.2, -0.15) is 0 Å². The molecule has 1 nitrogen and oxygen atoms in total. The van der Waals surface area contributed by atoms with Crippen LogP contribution in [0.2, 0.25) is 0 Å². The zero-order chi connectivity index (χ0) is 14.6. The van der Waals surface area contributed by atoms with Crippen LogP contribution in [0.3, 0.4) is 0 Å². The van der Waals surface area contributed by atoms with Crippen molar-refractivity contribution < 1.29 is 4.74 Å². The molecule has 0 bridgehead atoms. The first-order chi connectivity index (χ1) is 8.73. The maximum absolute atomic E-state index is 5.26. The fraction of sp³-hybridized carbons (Fsp3) is 0.625. The van der Waals surface area contributed by atoms with E-state index >= 15 is 0 Å². The zero-order valence-corrected chi connectivity index (χ0v) is 15.6. The van der Waals surface area contributed by atoms with E-state index < -0.39 is 0 Å². The lowest BCUT2D eigenvalue weighted by atomic mass is 9.83. The van der Waals surface area contributed by atoms with Crippen LogP contribution in [0.4, 0.5) is 0 Å². The van der Waals surface area contributed by atoms with Gasteiger partial charge in [0.05, 0.1) is 11.6 Å². The van der Waals surface area contributed by atoms with Crippen LogP contribution in [0.25, 0.3) is 0 Å². The third-order valence-electron chi connectivity index (χ3n) is 3.11. The highest BCUT2D eigenvalue weighted by Gasteiger charge is 2.19. The Labute approximate surface area is 134 Å². The molecule has 1 aromatic rings. The molecule has 108 valence electrons. The van der Waals surface area contributed by atoms with Gasteiger partial charge in [-0.15, -0.1) is 0 Å². The molecule has 0 saturated heterocycles. The van der Waals surface area contributed by atoms with E-state index in [1.165, 1.54) is 12.0 Å². The Hall–Kier alpha value is -0.0200. The third kappa shape index (κ3) is 5.86. The molecule has 0 N–H and O–H groups in total. The number of rotatable bonds is 5. The largest absolute Gasteiger partial charge is 0.496 e. The van der Waals surface area contributed by atoms with Crippen molar-refractivity contribution in [1.82, 2.24) is 0 Å². The van der Waals surface area contributed by atoms with Crippen LogP contribution in [-0.2, 0) is 0 Å². The van der Waals surface area contributed by atoms with E-state index in [9.17, 15) is 0 Å². The van der Waals surface area contributed by atoms with Gasteiger partial charge in [-0.05, 0) is 57.8 Å². The van der Waals surface area contributed by atoms with E-state index in [4.69, 9.17) is 4.74 Å². The Balaban J connectivity index is 2.68. The van der Waals surface area contributed by atoms with Gasteiger partial charge < -0.3 is 4.74 Å². The molecule has 0 saturated carbocycles. The van der Waals surface area contributed by atoms with Gasteiger partial charge in [-0.1, -0.05) is 49.7 Å². The molecule has 0 radical (unpaired) electrons. The third-order valence-corrected chi connectivity index (χ3v) is 4.63. The summed E-state index contributed by atoms with van der Waals surface area (Å²) in [4.78, 5) is 0.395. The highest BCUT2D eigenvalue weighted by molar-refractivity contribution is 9.10. The molecule has 0 aliphatic carbocycles. The summed E-state index contributed by atoms with van der Waals surface area (Å²) in [6.07, 6.45) is 2.39. The van der Waals surface area contributed by atoms with Crippen molar-refractivity contribution in [2.75, 3.05) is 7.11 Å². The molecule has 0 aromatic heterocycles. The standard InChI is InChI=1S/C16H24Br2O/c1-11(10-16(2,3)4)8-13(17)12-6-7-15(19-5)14(18)9-12/h6-7,9,11,13H,8,10H2,1-5H3. The molecular weight excluding hydrogens is 368 g/mol. The smallest absolute Gasteiger partial charge is 0.133 e. The van der Waals surface area contributed by atoms with Crippen LogP contribution < -0.4 is 4.74 Å². The molecule has 2 atom stereocenters. The summed E-state index contributed by atoms with van der Waals surface area (Å²) in [6.45, 7) is 9.24. The fourth-order valence-corrected chi connectivity index (χ4v) is 3.98. The number of ether oxygens (including phenoxy) is 1. The Morgan fingerprint density at radius 1 is 1.26 bits per heavy atom. The normalized spacial score (nSPS) is 15.1. The Morgan fingerprint density at radius 2 is 1.89 bits per heavy atom. The summed E-state index contributed by atoms with van der Waals surface area (Å²) in [5, 5.41) is 0. The van der Waals surface area contributed by atoms with Crippen molar-refractivity contribution in [3.05, 3.63) is 28.2 Å². The predicted octanol–water partition coefficient (Wildman–Crippen LogP) is 6.36. The summed E-state index contributed by atoms with van der Waals surface area (Å²) in [6, 6.07) is 6.29. The first-order valence-corrected chi connectivity index (χ1v) is 8.41. The van der Waals surface area contributed by atoms with E-state index in [0.717, 1.165) is 16.6 Å². The number of hydrogen-bond acceptors (Lipinski definition) is 1. The molecule has 2 unspecified atom stereocenters. The lowest BCUT2D eigenvalue weighted by molar-refractivity contribution is 0.296. The molecule has 0 amide bonds. The average Bonchev–Trinajstić information content (AvgIpc) is 2.26. The molecule has 3 heteroatoms. The summed E-state index contributed by atoms with van der Waals surface area (Å²) < 4.78 is 6.28. The van der Waals surface area contributed by atoms with Crippen LogP contribution >= 0.6 is 31.9 Å². The highest BCUT2D eigenvalue weighted by atomic mass is 79.9. The SMILES string of the molecule is COc1ccc(C(Br)CC(C)CC(C)(C)C)cc1Br. The Bertz CT molecular complexity index is 410. The maximum atomic E-state index is 5.26. The second-order valence-electron chi connectivity index (χ2n) is 6.47. The van der Waals surface area contributed by atoms with Crippen LogP contribution in [0.5, 0.6) is 5.75 Å². The molecule has 1 aromatic carbocycles. The van der Waals surface area contributed by atoms with Gasteiger partial charge in [-0.25, -0.2) is 0 Å². The van der Waals surface area contributed by atoms with Crippen LogP contribution in [-0.4, -0.2) is 7.11 Å². The second kappa shape index (κ2) is 7.12. The minimum Gasteiger partial charge on any atom is -0.496 e. The van der Waals surface area contributed by atoms with Crippen LogP contribution in [0.15, 0.2) is 22.7 Å². The lowest BCUT2D eigenvalue weighted by Crippen LogP contribution is -2.12. The van der Waals surface area contributed by atoms with Crippen molar-refractivity contribution in [1.29, 1.82) is 0 Å². The van der Waals surface area contributed by atoms with Crippen LogP contribution in [0, 0.1) is 11.3 Å². The van der Waals surface area contributed by atoms with Gasteiger partial charge in [0, 0.05) is 4.83 Å². The van der Waals surface area contributed by atoms with Crippen LogP contribution in [0.1, 0.15) is 50.9 Å². The van der Waals surface area contributed by atoms with Gasteiger partial charge in [0.1, 0.15) is 5.75 Å². The zero-order valence-electron chi connectivity index (χ0n) is 12.5. The molecule has 0 heterocycles. The van der Waals surface area contributed by atoms with Crippen molar-refractivity contribution >= 4 is 31.9 Å².